The minimum Gasteiger partial charge on any atom is -0.396 e. The molecule has 3 nitrogen and oxygen atoms in total. The SMILES string of the molecule is CSc1ccc(NC(C)CCCO)cn1. The molecule has 0 aromatic carbocycles. The molecular weight excluding hydrogens is 208 g/mol. The molecule has 1 rings (SSSR count). The van der Waals surface area contributed by atoms with Crippen molar-refractivity contribution in [2.24, 2.45) is 0 Å². The van der Waals surface area contributed by atoms with Gasteiger partial charge in [-0.2, -0.15) is 0 Å². The number of pyridine rings is 1. The molecule has 4 heteroatoms. The van der Waals surface area contributed by atoms with E-state index in [9.17, 15) is 0 Å². The van der Waals surface area contributed by atoms with Crippen molar-refractivity contribution in [2.75, 3.05) is 18.2 Å². The normalized spacial score (nSPS) is 12.5. The lowest BCUT2D eigenvalue weighted by Gasteiger charge is -2.14. The van der Waals surface area contributed by atoms with E-state index in [-0.39, 0.29) is 6.61 Å². The Labute approximate surface area is 95.3 Å². The Bertz CT molecular complexity index is 276. The summed E-state index contributed by atoms with van der Waals surface area (Å²) < 4.78 is 0. The summed E-state index contributed by atoms with van der Waals surface area (Å²) in [6, 6.07) is 4.42. The van der Waals surface area contributed by atoms with E-state index >= 15 is 0 Å². The minimum absolute atomic E-state index is 0.260. The molecule has 1 unspecified atom stereocenters. The van der Waals surface area contributed by atoms with Crippen LogP contribution in [0.15, 0.2) is 23.4 Å². The van der Waals surface area contributed by atoms with Gasteiger partial charge in [0.25, 0.3) is 0 Å². The number of nitrogens with one attached hydrogen (secondary N) is 1. The summed E-state index contributed by atoms with van der Waals surface area (Å²) in [5.41, 5.74) is 1.04. The highest BCUT2D eigenvalue weighted by Crippen LogP contribution is 2.15. The van der Waals surface area contributed by atoms with E-state index in [1.54, 1.807) is 11.8 Å². The highest BCUT2D eigenvalue weighted by molar-refractivity contribution is 7.98. The summed E-state index contributed by atoms with van der Waals surface area (Å²) in [7, 11) is 0. The van der Waals surface area contributed by atoms with Crippen molar-refractivity contribution in [3.8, 4) is 0 Å². The van der Waals surface area contributed by atoms with Gasteiger partial charge in [-0.05, 0) is 38.2 Å². The third-order valence-corrected chi connectivity index (χ3v) is 2.81. The monoisotopic (exact) mass is 226 g/mol. The topological polar surface area (TPSA) is 45.1 Å². The summed E-state index contributed by atoms with van der Waals surface area (Å²) in [6.45, 7) is 2.37. The third kappa shape index (κ3) is 4.53. The van der Waals surface area contributed by atoms with Crippen molar-refractivity contribution >= 4 is 17.4 Å². The van der Waals surface area contributed by atoms with Crippen LogP contribution in [0.2, 0.25) is 0 Å². The van der Waals surface area contributed by atoms with Crippen molar-refractivity contribution in [1.29, 1.82) is 0 Å². The molecular formula is C11H18N2OS. The van der Waals surface area contributed by atoms with Crippen LogP contribution < -0.4 is 5.32 Å². The standard InChI is InChI=1S/C11H18N2OS/c1-9(4-3-7-14)13-10-5-6-11(15-2)12-8-10/h5-6,8-9,13-14H,3-4,7H2,1-2H3. The summed E-state index contributed by atoms with van der Waals surface area (Å²) in [6.07, 6.45) is 5.67. The Morgan fingerprint density at radius 1 is 1.53 bits per heavy atom. The van der Waals surface area contributed by atoms with Gasteiger partial charge in [-0.1, -0.05) is 0 Å². The predicted octanol–water partition coefficient (Wildman–Crippen LogP) is 2.38. The predicted molar refractivity (Wildman–Crippen MR) is 65.4 cm³/mol. The molecule has 2 N–H and O–H groups in total. The van der Waals surface area contributed by atoms with E-state index in [0.717, 1.165) is 23.6 Å². The van der Waals surface area contributed by atoms with Crippen LogP contribution in [0.3, 0.4) is 0 Å². The maximum atomic E-state index is 8.71. The van der Waals surface area contributed by atoms with Gasteiger partial charge in [0.15, 0.2) is 0 Å². The molecule has 1 heterocycles. The number of rotatable bonds is 6. The number of aromatic nitrogens is 1. The summed E-state index contributed by atoms with van der Waals surface area (Å²) in [5, 5.41) is 13.1. The average molecular weight is 226 g/mol. The first kappa shape index (κ1) is 12.3. The van der Waals surface area contributed by atoms with Crippen molar-refractivity contribution in [1.82, 2.24) is 4.98 Å². The summed E-state index contributed by atoms with van der Waals surface area (Å²) in [5.74, 6) is 0. The Morgan fingerprint density at radius 3 is 2.87 bits per heavy atom. The van der Waals surface area contributed by atoms with E-state index in [4.69, 9.17) is 5.11 Å². The lowest BCUT2D eigenvalue weighted by atomic mass is 10.2. The van der Waals surface area contributed by atoms with Gasteiger partial charge in [-0.15, -0.1) is 11.8 Å². The van der Waals surface area contributed by atoms with Gasteiger partial charge in [0, 0.05) is 12.6 Å². The molecule has 84 valence electrons. The van der Waals surface area contributed by atoms with Crippen molar-refractivity contribution in [2.45, 2.75) is 30.8 Å². The van der Waals surface area contributed by atoms with Crippen LogP contribution >= 0.6 is 11.8 Å². The maximum Gasteiger partial charge on any atom is 0.0958 e. The fraction of sp³-hybridized carbons (Fsp3) is 0.545. The van der Waals surface area contributed by atoms with Gasteiger partial charge in [0.1, 0.15) is 0 Å². The van der Waals surface area contributed by atoms with E-state index in [0.29, 0.717) is 6.04 Å². The Morgan fingerprint density at radius 2 is 2.33 bits per heavy atom. The lowest BCUT2D eigenvalue weighted by Crippen LogP contribution is -2.15. The van der Waals surface area contributed by atoms with Crippen molar-refractivity contribution in [3.05, 3.63) is 18.3 Å². The second-order valence-electron chi connectivity index (χ2n) is 3.50. The average Bonchev–Trinajstić information content (AvgIpc) is 2.27. The van der Waals surface area contributed by atoms with E-state index in [1.165, 1.54) is 0 Å². The molecule has 0 saturated heterocycles. The zero-order chi connectivity index (χ0) is 11.1. The first-order chi connectivity index (χ1) is 7.26. The first-order valence-corrected chi connectivity index (χ1v) is 6.36. The Balaban J connectivity index is 2.42. The molecule has 0 aliphatic carbocycles. The Hall–Kier alpha value is -0.740. The van der Waals surface area contributed by atoms with Gasteiger partial charge in [-0.25, -0.2) is 4.98 Å². The molecule has 0 saturated carbocycles. The Kier molecular flexibility index (Phi) is 5.50. The van der Waals surface area contributed by atoms with Crippen LogP contribution in [0.4, 0.5) is 5.69 Å². The van der Waals surface area contributed by atoms with E-state index < -0.39 is 0 Å². The van der Waals surface area contributed by atoms with Crippen LogP contribution in [0, 0.1) is 0 Å². The quantitative estimate of drug-likeness (QED) is 0.731. The van der Waals surface area contributed by atoms with Gasteiger partial charge < -0.3 is 10.4 Å². The molecule has 0 aliphatic rings. The molecule has 1 aromatic rings. The van der Waals surface area contributed by atoms with Crippen molar-refractivity contribution < 1.29 is 5.11 Å². The van der Waals surface area contributed by atoms with Crippen LogP contribution in [-0.4, -0.2) is 29.0 Å². The van der Waals surface area contributed by atoms with Crippen LogP contribution in [0.5, 0.6) is 0 Å². The van der Waals surface area contributed by atoms with Crippen LogP contribution in [0.25, 0.3) is 0 Å². The summed E-state index contributed by atoms with van der Waals surface area (Å²) >= 11 is 1.64. The van der Waals surface area contributed by atoms with Crippen LogP contribution in [0.1, 0.15) is 19.8 Å². The minimum atomic E-state index is 0.260. The molecule has 15 heavy (non-hydrogen) atoms. The maximum absolute atomic E-state index is 8.71. The molecule has 0 aliphatic heterocycles. The van der Waals surface area contributed by atoms with Gasteiger partial charge in [-0.3, -0.25) is 0 Å². The number of hydrogen-bond acceptors (Lipinski definition) is 4. The number of thioether (sulfide) groups is 1. The van der Waals surface area contributed by atoms with Gasteiger partial charge in [0.2, 0.25) is 0 Å². The fourth-order valence-corrected chi connectivity index (χ4v) is 1.70. The molecule has 0 bridgehead atoms. The molecule has 0 amide bonds. The number of hydrogen-bond donors (Lipinski definition) is 2. The number of nitrogens with zero attached hydrogens (tertiary/aromatic N) is 1. The highest BCUT2D eigenvalue weighted by atomic mass is 32.2. The lowest BCUT2D eigenvalue weighted by molar-refractivity contribution is 0.282. The zero-order valence-electron chi connectivity index (χ0n) is 9.23. The number of aliphatic hydroxyl groups is 1. The third-order valence-electron chi connectivity index (χ3n) is 2.15. The molecule has 0 radical (unpaired) electrons. The fourth-order valence-electron chi connectivity index (χ4n) is 1.34. The summed E-state index contributed by atoms with van der Waals surface area (Å²) in [4.78, 5) is 4.28. The zero-order valence-corrected chi connectivity index (χ0v) is 10.0. The molecule has 0 spiro atoms. The number of aliphatic hydroxyl groups excluding tert-OH is 1. The van der Waals surface area contributed by atoms with E-state index in [1.807, 2.05) is 24.6 Å². The van der Waals surface area contributed by atoms with E-state index in [2.05, 4.69) is 17.2 Å². The second kappa shape index (κ2) is 6.69. The molecule has 1 aromatic heterocycles. The van der Waals surface area contributed by atoms with Crippen molar-refractivity contribution in [3.63, 3.8) is 0 Å². The van der Waals surface area contributed by atoms with Gasteiger partial charge in [0.05, 0.1) is 16.9 Å². The second-order valence-corrected chi connectivity index (χ2v) is 4.33. The highest BCUT2D eigenvalue weighted by Gasteiger charge is 2.01. The van der Waals surface area contributed by atoms with Gasteiger partial charge >= 0.3 is 0 Å². The van der Waals surface area contributed by atoms with Crippen LogP contribution in [-0.2, 0) is 0 Å². The molecule has 0 fully saturated rings. The first-order valence-electron chi connectivity index (χ1n) is 5.13. The number of anilines is 1. The largest absolute Gasteiger partial charge is 0.396 e. The molecule has 1 atom stereocenters. The smallest absolute Gasteiger partial charge is 0.0958 e.